The molecule has 7 amide bonds. The second-order valence-electron chi connectivity index (χ2n) is 15.4. The van der Waals surface area contributed by atoms with E-state index in [1.54, 1.807) is 47.8 Å². The van der Waals surface area contributed by atoms with Crippen LogP contribution in [0.4, 0.5) is 4.79 Å². The molecule has 0 bridgehead atoms. The number of carbonyl (C=O) groups excluding carboxylic acids is 13. The number of amides is 7. The van der Waals surface area contributed by atoms with Crippen molar-refractivity contribution in [2.75, 3.05) is 6.26 Å². The number of nitrogens with zero attached hydrogens (tertiary/aromatic N) is 3. The van der Waals surface area contributed by atoms with E-state index in [-0.39, 0.29) is 109 Å². The number of nitrogens with one attached hydrogen (secondary N) is 1. The van der Waals surface area contributed by atoms with E-state index in [4.69, 9.17) is 27.1 Å². The van der Waals surface area contributed by atoms with E-state index >= 15 is 0 Å². The van der Waals surface area contributed by atoms with Crippen molar-refractivity contribution < 1.29 is 147 Å². The number of nitrogens with two attached hydrogens (primary N) is 1. The van der Waals surface area contributed by atoms with Gasteiger partial charge in [0.2, 0.25) is 12.0 Å². The Labute approximate surface area is 423 Å². The monoisotopic (exact) mass is 1020 g/mol. The molecule has 0 spiro atoms. The van der Waals surface area contributed by atoms with Gasteiger partial charge in [-0.05, 0) is 17.1 Å². The quantitative estimate of drug-likeness (QED) is 0.0222. The summed E-state index contributed by atoms with van der Waals surface area (Å²) in [6, 6.07) is -1.59. The van der Waals surface area contributed by atoms with Gasteiger partial charge in [-0.15, -0.1) is 10.1 Å². The summed E-state index contributed by atoms with van der Waals surface area (Å²) in [4.78, 5) is 175. The fourth-order valence-corrected chi connectivity index (χ4v) is 4.46. The maximum absolute atomic E-state index is 11.2. The molecular formula is C38H58N5NaO24S. The number of hydrogen-bond acceptors (Lipinski definition) is 23. The largest absolute Gasteiger partial charge is 1.00 e. The van der Waals surface area contributed by atoms with Crippen molar-refractivity contribution in [3.8, 4) is 0 Å². The third-order valence-electron chi connectivity index (χ3n) is 7.74. The SMILES string of the molecule is CC(=O)N[C@@H](C(=O)O)C(C)(C)C.CC(=O)ON1C(=O)CCC1=O.CC(=O)ON1C(=O)CCC1=O.CC(C)(C)[C@@H](N)C(=O)O.O.O=C(OC1C(=O)CCC1=O)ON1C(=O)CCC1=O.O=CO[O-].[2H]SC.[Na+]. The number of ether oxygens (including phenoxy) is 1. The van der Waals surface area contributed by atoms with Crippen LogP contribution in [0, 0.1) is 10.8 Å². The molecule has 3 saturated heterocycles. The van der Waals surface area contributed by atoms with Gasteiger partial charge in [-0.2, -0.15) is 12.5 Å². The number of aliphatic carboxylic acids is 2. The van der Waals surface area contributed by atoms with Crippen LogP contribution in [0.1, 0.15) is 114 Å². The maximum atomic E-state index is 11.2. The van der Waals surface area contributed by atoms with Crippen molar-refractivity contribution >= 4 is 102 Å². The fourth-order valence-electron chi connectivity index (χ4n) is 4.46. The van der Waals surface area contributed by atoms with Crippen LogP contribution in [-0.4, -0.2) is 146 Å². The van der Waals surface area contributed by atoms with Gasteiger partial charge in [0.1, 0.15) is 13.2 Å². The number of ketones is 2. The molecule has 4 rings (SSSR count). The Morgan fingerprint density at radius 2 is 0.971 bits per heavy atom. The minimum atomic E-state index is -1.48. The summed E-state index contributed by atoms with van der Waals surface area (Å²) in [5, 5.41) is 29.3. The Balaban J connectivity index is -0.000000246. The summed E-state index contributed by atoms with van der Waals surface area (Å²) in [5.74, 6) is -7.76. The summed E-state index contributed by atoms with van der Waals surface area (Å²) in [6.07, 6.45) is -0.731. The third-order valence-corrected chi connectivity index (χ3v) is 7.74. The van der Waals surface area contributed by atoms with Crippen LogP contribution in [-0.2, 0) is 91.3 Å². The van der Waals surface area contributed by atoms with Gasteiger partial charge in [-0.1, -0.05) is 46.6 Å². The van der Waals surface area contributed by atoms with Crippen LogP contribution in [0.2, 0.25) is 0 Å². The van der Waals surface area contributed by atoms with Gasteiger partial charge in [0.25, 0.3) is 41.9 Å². The summed E-state index contributed by atoms with van der Waals surface area (Å²) >= 11 is 1.000. The number of imide groups is 3. The fraction of sp³-hybridized carbons (Fsp3) is 0.605. The van der Waals surface area contributed by atoms with E-state index in [0.29, 0.717) is 10.1 Å². The summed E-state index contributed by atoms with van der Waals surface area (Å²) < 4.78 is 10.6. The molecular weight excluding hydrogens is 965 g/mol. The second-order valence-corrected chi connectivity index (χ2v) is 15.4. The molecule has 69 heavy (non-hydrogen) atoms. The summed E-state index contributed by atoms with van der Waals surface area (Å²) in [5.41, 5.74) is 4.49. The van der Waals surface area contributed by atoms with Gasteiger partial charge in [-0.25, -0.2) is 19.2 Å². The molecule has 0 aromatic heterocycles. The Bertz CT molecular complexity index is 1740. The Hall–Kier alpha value is -5.92. The number of carboxylic acids is 2. The first kappa shape index (κ1) is 69.6. The molecule has 386 valence electrons. The van der Waals surface area contributed by atoms with E-state index in [1.807, 2.05) is 0 Å². The molecule has 4 aliphatic rings. The zero-order valence-corrected chi connectivity index (χ0v) is 42.6. The normalized spacial score (nSPS) is 15.9. The van der Waals surface area contributed by atoms with Gasteiger partial charge in [0, 0.05) is 72.1 Å². The molecule has 7 N–H and O–H groups in total. The number of hydroxylamine groups is 6. The first-order valence-electron chi connectivity index (χ1n) is 19.6. The Morgan fingerprint density at radius 3 is 1.14 bits per heavy atom. The summed E-state index contributed by atoms with van der Waals surface area (Å²) in [7, 11) is 0. The molecule has 2 atom stereocenters. The number of carboxylic acid groups (broad SMARTS) is 2. The van der Waals surface area contributed by atoms with E-state index in [2.05, 4.69) is 29.5 Å². The second kappa shape index (κ2) is 35.2. The van der Waals surface area contributed by atoms with Crippen LogP contribution in [0.3, 0.4) is 0 Å². The molecule has 1 saturated carbocycles. The predicted octanol–water partition coefficient (Wildman–Crippen LogP) is -5.04. The molecule has 3 aliphatic heterocycles. The van der Waals surface area contributed by atoms with E-state index < -0.39 is 101 Å². The molecule has 3 heterocycles. The maximum Gasteiger partial charge on any atom is 1.00 e. The van der Waals surface area contributed by atoms with Crippen LogP contribution >= 0.6 is 12.5 Å². The van der Waals surface area contributed by atoms with Gasteiger partial charge >= 0.3 is 59.6 Å². The number of Topliss-reactive ketones (excluding diaryl/α,β-unsaturated/α-hetero) is 2. The number of thiol groups is 1. The number of hydrogen-bond donors (Lipinski definition) is 5. The number of rotatable bonds is 8. The van der Waals surface area contributed by atoms with E-state index in [9.17, 15) is 67.1 Å². The van der Waals surface area contributed by atoms with Gasteiger partial charge in [-0.3, -0.25) is 57.6 Å². The van der Waals surface area contributed by atoms with E-state index in [0.717, 1.165) is 26.4 Å². The Kier molecular flexibility index (Phi) is 35.6. The molecule has 0 aromatic rings. The van der Waals surface area contributed by atoms with Crippen LogP contribution in [0.25, 0.3) is 0 Å². The zero-order valence-electron chi connectivity index (χ0n) is 40.8. The predicted molar refractivity (Wildman–Crippen MR) is 223 cm³/mol. The van der Waals surface area contributed by atoms with E-state index in [1.165, 1.54) is 6.92 Å². The van der Waals surface area contributed by atoms with Crippen LogP contribution in [0.15, 0.2) is 0 Å². The van der Waals surface area contributed by atoms with Crippen LogP contribution < -0.4 is 45.9 Å². The zero-order chi connectivity index (χ0) is 53.9. The van der Waals surface area contributed by atoms with Gasteiger partial charge < -0.3 is 51.3 Å². The minimum Gasteiger partial charge on any atom is -0.662 e. The average Bonchev–Trinajstić information content (AvgIpc) is 3.92. The average molecular weight is 1020 g/mol. The van der Waals surface area contributed by atoms with Crippen molar-refractivity contribution in [1.29, 1.82) is 1.12 Å². The van der Waals surface area contributed by atoms with Crippen molar-refractivity contribution in [3.05, 3.63) is 0 Å². The van der Waals surface area contributed by atoms with Crippen molar-refractivity contribution in [2.45, 2.75) is 132 Å². The molecule has 0 aromatic carbocycles. The topological polar surface area (TPSA) is 445 Å². The molecule has 29 nitrogen and oxygen atoms in total. The summed E-state index contributed by atoms with van der Waals surface area (Å²) in [6.45, 7) is 14.1. The molecule has 1 aliphatic carbocycles. The Morgan fingerprint density at radius 1 is 0.681 bits per heavy atom. The third kappa shape index (κ3) is 29.6. The van der Waals surface area contributed by atoms with Crippen molar-refractivity contribution in [2.24, 2.45) is 16.6 Å². The van der Waals surface area contributed by atoms with Crippen molar-refractivity contribution in [3.63, 3.8) is 0 Å². The molecule has 0 radical (unpaired) electrons. The first-order chi connectivity index (χ1) is 31.1. The first-order valence-corrected chi connectivity index (χ1v) is 20.0. The molecule has 4 fully saturated rings. The van der Waals surface area contributed by atoms with Gasteiger partial charge in [0.15, 0.2) is 11.6 Å². The van der Waals surface area contributed by atoms with Crippen molar-refractivity contribution in [1.82, 2.24) is 20.5 Å². The number of carbonyl (C=O) groups is 15. The van der Waals surface area contributed by atoms with Gasteiger partial charge in [0.05, 0.1) is 0 Å². The minimum absolute atomic E-state index is 0. The smallest absolute Gasteiger partial charge is 0.662 e. The van der Waals surface area contributed by atoms with Crippen LogP contribution in [0.5, 0.6) is 0 Å². The molecule has 0 unspecified atom stereocenters. The standard InChI is InChI=1S/C10H9NO7.C8H15NO3.2C6H7NO4.C6H13NO2.CH2O3.CH4S.Na.H2O/c12-5-1-2-6(13)9(5)17-10(16)18-11-7(14)3-4-8(11)15;1-5(10)9-6(7(11)12)8(2,3)4;2*1-4(8)11-7-5(9)2-3-6(7)10;1-6(2,3)4(7)5(8)9;2-1-4-3;1-2;;/h9H,1-4H2;6H,1-4H3,(H,9,10)(H,11,12);2*2-3H2,1H3;4H,7H2,1-3H3,(H,8,9);1,3H;2H,1H3;;1H2/q;;;;;;;+1;/p-1/t;6-;;;4-;;;;/m.0..0..../s1/i/hD. The molecule has 31 heteroatoms.